The van der Waals surface area contributed by atoms with Gasteiger partial charge in [0, 0.05) is 13.1 Å². The Morgan fingerprint density at radius 3 is 1.05 bits per heavy atom. The number of carbonyl (C=O) groups excluding carboxylic acids is 4. The molecule has 4 amide bonds. The van der Waals surface area contributed by atoms with Crippen molar-refractivity contribution in [3.8, 4) is 0 Å². The van der Waals surface area contributed by atoms with Crippen LogP contribution in [0.4, 0.5) is 0 Å². The van der Waals surface area contributed by atoms with Gasteiger partial charge in [0.2, 0.25) is 0 Å². The third-order valence-electron chi connectivity index (χ3n) is 7.41. The van der Waals surface area contributed by atoms with Gasteiger partial charge in [-0.15, -0.1) is 0 Å². The van der Waals surface area contributed by atoms with Crippen molar-refractivity contribution in [2.45, 2.75) is 51.4 Å². The van der Waals surface area contributed by atoms with E-state index in [9.17, 15) is 19.2 Å². The van der Waals surface area contributed by atoms with Crippen LogP contribution < -0.4 is 35.4 Å². The van der Waals surface area contributed by atoms with Crippen molar-refractivity contribution in [2.24, 2.45) is 0 Å². The fourth-order valence-corrected chi connectivity index (χ4v) is 5.23. The molecule has 0 atom stereocenters. The van der Waals surface area contributed by atoms with E-state index in [1.54, 1.807) is 48.5 Å². The average molecular weight is 592 g/mol. The van der Waals surface area contributed by atoms with Crippen LogP contribution in [0.25, 0.3) is 0 Å². The van der Waals surface area contributed by atoms with E-state index in [4.69, 9.17) is 0 Å². The van der Waals surface area contributed by atoms with Crippen molar-refractivity contribution in [1.82, 2.24) is 9.80 Å². The Morgan fingerprint density at radius 2 is 0.725 bits per heavy atom. The van der Waals surface area contributed by atoms with Gasteiger partial charge < -0.3 is 35.4 Å². The third-order valence-corrected chi connectivity index (χ3v) is 7.41. The highest BCUT2D eigenvalue weighted by Crippen LogP contribution is 2.24. The topological polar surface area (TPSA) is 108 Å². The van der Waals surface area contributed by atoms with Crippen LogP contribution in [-0.2, 0) is 0 Å². The van der Waals surface area contributed by atoms with Gasteiger partial charge in [-0.1, -0.05) is 37.1 Å². The molecule has 0 saturated heterocycles. The molecule has 0 radical (unpaired) electrons. The second kappa shape index (κ2) is 17.1. The van der Waals surface area contributed by atoms with Crippen molar-refractivity contribution >= 4 is 23.6 Å². The molecular weight excluding hydrogens is 551 g/mol. The van der Waals surface area contributed by atoms with E-state index >= 15 is 0 Å². The van der Waals surface area contributed by atoms with Crippen molar-refractivity contribution in [3.63, 3.8) is 0 Å². The Balaban J connectivity index is 0.00000280. The standard InChI is InChI=1S/C30H38N4O4.2ClH/c35-27-23-13-5-6-14-24(23)28(36)33(27)21-11-3-1-9-17-31-19-20-32-18-10-2-4-12-22-34-29(37)25-15-7-8-16-26(25)30(34)38;;/h5-8,13-16,31-32H,1-4,9-12,17-22H2;2*1H. The van der Waals surface area contributed by atoms with Crippen LogP contribution in [0, 0.1) is 0 Å². The average Bonchev–Trinajstić information content (AvgIpc) is 3.33. The first-order valence-electron chi connectivity index (χ1n) is 14.1. The SMILES string of the molecule is O=C1c2ccccc2C(=O)N1CCCCCC[NH2+]CC[NH2+]CCCCCCN1C(=O)c2ccccc2C1=O.[Cl-].[Cl-]. The number of fused-ring (bicyclic) bond motifs is 2. The van der Waals surface area contributed by atoms with Gasteiger partial charge in [-0.25, -0.2) is 0 Å². The van der Waals surface area contributed by atoms with Gasteiger partial charge in [-0.05, 0) is 62.8 Å². The second-order valence-electron chi connectivity index (χ2n) is 10.2. The van der Waals surface area contributed by atoms with Gasteiger partial charge in [-0.2, -0.15) is 0 Å². The lowest BCUT2D eigenvalue weighted by Crippen LogP contribution is -3.00. The number of halogens is 2. The molecular formula is C30H40Cl2N4O4. The smallest absolute Gasteiger partial charge is 0.261 e. The molecule has 0 aliphatic carbocycles. The summed E-state index contributed by atoms with van der Waals surface area (Å²) in [7, 11) is 0. The molecule has 4 rings (SSSR count). The molecule has 0 fully saturated rings. The quantitative estimate of drug-likeness (QED) is 0.144. The monoisotopic (exact) mass is 590 g/mol. The summed E-state index contributed by atoms with van der Waals surface area (Å²) in [5.41, 5.74) is 2.12. The molecule has 4 N–H and O–H groups in total. The molecule has 2 aromatic carbocycles. The molecule has 2 aliphatic heterocycles. The number of nitrogens with two attached hydrogens (primary N) is 2. The molecule has 0 bridgehead atoms. The number of imide groups is 2. The van der Waals surface area contributed by atoms with Crippen LogP contribution in [0.15, 0.2) is 48.5 Å². The number of amides is 4. The van der Waals surface area contributed by atoms with E-state index in [-0.39, 0.29) is 48.4 Å². The van der Waals surface area contributed by atoms with Crippen LogP contribution in [-0.4, -0.2) is 72.7 Å². The number of carbonyl (C=O) groups is 4. The highest BCUT2D eigenvalue weighted by molar-refractivity contribution is 6.22. The predicted octanol–water partition coefficient (Wildman–Crippen LogP) is -4.17. The number of nitrogens with zero attached hydrogens (tertiary/aromatic N) is 2. The van der Waals surface area contributed by atoms with Gasteiger partial charge in [0.05, 0.1) is 35.3 Å². The van der Waals surface area contributed by atoms with E-state index in [0.717, 1.165) is 77.5 Å². The van der Waals surface area contributed by atoms with Crippen molar-refractivity contribution < 1.29 is 54.6 Å². The predicted molar refractivity (Wildman–Crippen MR) is 144 cm³/mol. The molecule has 0 saturated carbocycles. The maximum Gasteiger partial charge on any atom is 0.261 e. The summed E-state index contributed by atoms with van der Waals surface area (Å²) in [6.45, 7) is 5.45. The van der Waals surface area contributed by atoms with Crippen LogP contribution in [0.2, 0.25) is 0 Å². The summed E-state index contributed by atoms with van der Waals surface area (Å²) in [4.78, 5) is 52.2. The zero-order valence-corrected chi connectivity index (χ0v) is 24.5. The van der Waals surface area contributed by atoms with E-state index in [2.05, 4.69) is 10.6 Å². The Kier molecular flexibility index (Phi) is 14.3. The van der Waals surface area contributed by atoms with Gasteiger partial charge in [0.25, 0.3) is 23.6 Å². The molecule has 2 aromatic rings. The van der Waals surface area contributed by atoms with E-state index in [1.165, 1.54) is 9.80 Å². The molecule has 2 heterocycles. The first kappa shape index (κ1) is 33.4. The summed E-state index contributed by atoms with van der Waals surface area (Å²) in [5, 5.41) is 4.73. The number of hydrogen-bond acceptors (Lipinski definition) is 4. The van der Waals surface area contributed by atoms with Gasteiger partial charge in [-0.3, -0.25) is 29.0 Å². The molecule has 8 nitrogen and oxygen atoms in total. The van der Waals surface area contributed by atoms with Crippen LogP contribution in [0.1, 0.15) is 92.8 Å². The molecule has 0 aromatic heterocycles. The largest absolute Gasteiger partial charge is 1.00 e. The van der Waals surface area contributed by atoms with Crippen LogP contribution in [0.5, 0.6) is 0 Å². The number of unbranched alkanes of at least 4 members (excludes halogenated alkanes) is 6. The van der Waals surface area contributed by atoms with Gasteiger partial charge >= 0.3 is 0 Å². The first-order valence-corrected chi connectivity index (χ1v) is 14.1. The van der Waals surface area contributed by atoms with E-state index < -0.39 is 0 Å². The molecule has 2 aliphatic rings. The molecule has 0 unspecified atom stereocenters. The summed E-state index contributed by atoms with van der Waals surface area (Å²) in [6, 6.07) is 14.1. The lowest BCUT2D eigenvalue weighted by Gasteiger charge is -2.13. The lowest BCUT2D eigenvalue weighted by atomic mass is 10.1. The van der Waals surface area contributed by atoms with Crippen molar-refractivity contribution in [1.29, 1.82) is 0 Å². The fourth-order valence-electron chi connectivity index (χ4n) is 5.23. The maximum absolute atomic E-state index is 12.4. The highest BCUT2D eigenvalue weighted by Gasteiger charge is 2.35. The number of benzene rings is 2. The molecule has 40 heavy (non-hydrogen) atoms. The zero-order chi connectivity index (χ0) is 26.7. The van der Waals surface area contributed by atoms with Crippen molar-refractivity contribution in [2.75, 3.05) is 39.3 Å². The minimum Gasteiger partial charge on any atom is -1.00 e. The highest BCUT2D eigenvalue weighted by atomic mass is 35.5. The minimum absolute atomic E-state index is 0. The Labute approximate surface area is 249 Å². The zero-order valence-electron chi connectivity index (χ0n) is 23.0. The number of quaternary nitrogens is 2. The van der Waals surface area contributed by atoms with Crippen LogP contribution in [0.3, 0.4) is 0 Å². The Bertz CT molecular complexity index is 1000. The third kappa shape index (κ3) is 8.36. The molecule has 0 spiro atoms. The van der Waals surface area contributed by atoms with Gasteiger partial charge in [0.15, 0.2) is 0 Å². The second-order valence-corrected chi connectivity index (χ2v) is 10.2. The Morgan fingerprint density at radius 1 is 0.425 bits per heavy atom. The molecule has 218 valence electrons. The van der Waals surface area contributed by atoms with Gasteiger partial charge in [0.1, 0.15) is 13.1 Å². The van der Waals surface area contributed by atoms with E-state index in [1.807, 2.05) is 0 Å². The Hall–Kier alpha value is -2.78. The molecule has 10 heteroatoms. The fraction of sp³-hybridized carbons (Fsp3) is 0.467. The summed E-state index contributed by atoms with van der Waals surface area (Å²) >= 11 is 0. The maximum atomic E-state index is 12.4. The van der Waals surface area contributed by atoms with Crippen LogP contribution >= 0.6 is 0 Å². The lowest BCUT2D eigenvalue weighted by molar-refractivity contribution is -0.723. The van der Waals surface area contributed by atoms with E-state index in [0.29, 0.717) is 35.3 Å². The number of rotatable bonds is 17. The minimum atomic E-state index is -0.156. The normalized spacial score (nSPS) is 13.8. The number of hydrogen-bond donors (Lipinski definition) is 2. The summed E-state index contributed by atoms with van der Waals surface area (Å²) < 4.78 is 0. The first-order chi connectivity index (χ1) is 18.6. The summed E-state index contributed by atoms with van der Waals surface area (Å²) in [6.07, 6.45) is 8.30. The van der Waals surface area contributed by atoms with Crippen molar-refractivity contribution in [3.05, 3.63) is 70.8 Å². The summed E-state index contributed by atoms with van der Waals surface area (Å²) in [5.74, 6) is -0.624.